The maximum Gasteiger partial charge on any atom is 0.225 e. The Morgan fingerprint density at radius 3 is 2.76 bits per heavy atom. The number of rotatable bonds is 6. The summed E-state index contributed by atoms with van der Waals surface area (Å²) in [6.07, 6.45) is 2.35. The average Bonchev–Trinajstić information content (AvgIpc) is 2.81. The van der Waals surface area contributed by atoms with Crippen molar-refractivity contribution in [1.29, 1.82) is 0 Å². The van der Waals surface area contributed by atoms with Crippen molar-refractivity contribution < 1.29 is 4.79 Å². The van der Waals surface area contributed by atoms with E-state index in [1.54, 1.807) is 0 Å². The Labute approximate surface area is 213 Å². The summed E-state index contributed by atoms with van der Waals surface area (Å²) in [5, 5.41) is 9.71. The Balaban J connectivity index is 0.00000306. The van der Waals surface area contributed by atoms with Crippen LogP contribution in [-0.4, -0.2) is 68.1 Å². The van der Waals surface area contributed by atoms with E-state index in [4.69, 9.17) is 4.99 Å². The first-order chi connectivity index (χ1) is 15.6. The molecule has 0 radical (unpaired) electrons. The van der Waals surface area contributed by atoms with Gasteiger partial charge in [-0.05, 0) is 43.3 Å². The number of anilines is 2. The van der Waals surface area contributed by atoms with Crippen LogP contribution in [0.15, 0.2) is 47.6 Å². The lowest BCUT2D eigenvalue weighted by molar-refractivity contribution is -0.116. The van der Waals surface area contributed by atoms with Gasteiger partial charge in [0.05, 0.1) is 6.54 Å². The summed E-state index contributed by atoms with van der Waals surface area (Å²) in [5.74, 6) is 1.96. The van der Waals surface area contributed by atoms with Crippen LogP contribution in [0.4, 0.5) is 11.5 Å². The average molecular weight is 563 g/mol. The summed E-state index contributed by atoms with van der Waals surface area (Å²) in [5.41, 5.74) is 3.21. The van der Waals surface area contributed by atoms with Gasteiger partial charge >= 0.3 is 0 Å². The Hall–Kier alpha value is -2.40. The zero-order valence-corrected chi connectivity index (χ0v) is 21.7. The first kappa shape index (κ1) is 25.2. The van der Waals surface area contributed by atoms with Crippen molar-refractivity contribution in [1.82, 2.24) is 20.5 Å². The molecule has 4 rings (SSSR count). The molecule has 2 aromatic rings. The molecule has 1 aromatic carbocycles. The Bertz CT molecular complexity index is 959. The van der Waals surface area contributed by atoms with E-state index in [0.29, 0.717) is 19.5 Å². The molecule has 3 heterocycles. The summed E-state index contributed by atoms with van der Waals surface area (Å²) >= 11 is 0. The number of pyridine rings is 1. The largest absolute Gasteiger partial charge is 0.357 e. The minimum Gasteiger partial charge on any atom is -0.357 e. The lowest BCUT2D eigenvalue weighted by Gasteiger charge is -2.33. The fraction of sp³-hybridized carbons (Fsp3) is 0.458. The van der Waals surface area contributed by atoms with Gasteiger partial charge in [0.15, 0.2) is 5.96 Å². The lowest BCUT2D eigenvalue weighted by atomic mass is 9.90. The number of carbonyl (C=O) groups is 1. The number of hydrogen-bond donors (Lipinski definition) is 3. The van der Waals surface area contributed by atoms with E-state index in [2.05, 4.69) is 56.8 Å². The number of fused-ring (bicyclic) bond motifs is 1. The van der Waals surface area contributed by atoms with E-state index in [0.717, 1.165) is 55.8 Å². The number of carbonyl (C=O) groups excluding carboxylic acids is 1. The minimum atomic E-state index is 0. The third-order valence-corrected chi connectivity index (χ3v) is 6.02. The zero-order chi connectivity index (χ0) is 22.3. The monoisotopic (exact) mass is 563 g/mol. The zero-order valence-electron chi connectivity index (χ0n) is 19.4. The molecule has 0 aliphatic carbocycles. The molecule has 1 unspecified atom stereocenters. The third-order valence-electron chi connectivity index (χ3n) is 6.02. The molecule has 0 saturated carbocycles. The van der Waals surface area contributed by atoms with E-state index in [-0.39, 0.29) is 35.8 Å². The van der Waals surface area contributed by atoms with Crippen LogP contribution in [0, 0.1) is 0 Å². The second-order valence-electron chi connectivity index (χ2n) is 8.43. The number of benzene rings is 1. The van der Waals surface area contributed by atoms with Gasteiger partial charge in [-0.2, -0.15) is 0 Å². The number of piperazine rings is 1. The summed E-state index contributed by atoms with van der Waals surface area (Å²) in [7, 11) is 2.16. The van der Waals surface area contributed by atoms with Crippen LogP contribution in [0.1, 0.15) is 30.4 Å². The molecule has 1 atom stereocenters. The van der Waals surface area contributed by atoms with Gasteiger partial charge in [-0.25, -0.2) is 9.98 Å². The highest BCUT2D eigenvalue weighted by Crippen LogP contribution is 2.31. The predicted molar refractivity (Wildman–Crippen MR) is 145 cm³/mol. The third kappa shape index (κ3) is 6.80. The summed E-state index contributed by atoms with van der Waals surface area (Å²) in [6, 6.07) is 12.2. The number of amides is 1. The highest BCUT2D eigenvalue weighted by atomic mass is 127. The molecule has 1 saturated heterocycles. The van der Waals surface area contributed by atoms with Crippen LogP contribution in [-0.2, 0) is 11.3 Å². The van der Waals surface area contributed by atoms with E-state index >= 15 is 0 Å². The number of para-hydroxylation sites is 1. The first-order valence-corrected chi connectivity index (χ1v) is 11.4. The van der Waals surface area contributed by atoms with Gasteiger partial charge in [0.2, 0.25) is 5.91 Å². The summed E-state index contributed by atoms with van der Waals surface area (Å²) in [4.78, 5) is 26.1. The van der Waals surface area contributed by atoms with Gasteiger partial charge < -0.3 is 25.8 Å². The number of halogens is 1. The van der Waals surface area contributed by atoms with Crippen molar-refractivity contribution in [3.05, 3.63) is 53.7 Å². The van der Waals surface area contributed by atoms with Crippen LogP contribution in [0.5, 0.6) is 0 Å². The van der Waals surface area contributed by atoms with E-state index in [1.807, 2.05) is 30.5 Å². The molecular formula is C24H34IN7O. The molecule has 1 aromatic heterocycles. The number of guanidine groups is 1. The number of nitrogens with one attached hydrogen (secondary N) is 3. The molecule has 2 aliphatic heterocycles. The number of aliphatic imine (C=N–C) groups is 1. The highest BCUT2D eigenvalue weighted by Gasteiger charge is 2.24. The van der Waals surface area contributed by atoms with E-state index in [1.165, 1.54) is 5.56 Å². The molecule has 33 heavy (non-hydrogen) atoms. The Morgan fingerprint density at radius 2 is 1.97 bits per heavy atom. The molecular weight excluding hydrogens is 529 g/mol. The Morgan fingerprint density at radius 1 is 1.18 bits per heavy atom. The normalized spacial score (nSPS) is 18.7. The number of hydrogen-bond acceptors (Lipinski definition) is 5. The molecule has 8 nitrogen and oxygen atoms in total. The van der Waals surface area contributed by atoms with Gasteiger partial charge in [-0.3, -0.25) is 4.79 Å². The number of likely N-dealkylation sites (N-methyl/N-ethyl adjacent to an activating group) is 1. The maximum atomic E-state index is 12.1. The summed E-state index contributed by atoms with van der Waals surface area (Å²) < 4.78 is 0. The van der Waals surface area contributed by atoms with Gasteiger partial charge in [0.25, 0.3) is 0 Å². The van der Waals surface area contributed by atoms with Crippen LogP contribution in [0.3, 0.4) is 0 Å². The maximum absolute atomic E-state index is 12.1. The van der Waals surface area contributed by atoms with E-state index < -0.39 is 0 Å². The second kappa shape index (κ2) is 12.2. The highest BCUT2D eigenvalue weighted by molar-refractivity contribution is 14.0. The van der Waals surface area contributed by atoms with Crippen molar-refractivity contribution in [2.75, 3.05) is 56.5 Å². The van der Waals surface area contributed by atoms with Crippen molar-refractivity contribution in [3.63, 3.8) is 0 Å². The molecule has 1 amide bonds. The lowest BCUT2D eigenvalue weighted by Crippen LogP contribution is -2.44. The molecule has 9 heteroatoms. The van der Waals surface area contributed by atoms with Crippen molar-refractivity contribution in [2.24, 2.45) is 4.99 Å². The van der Waals surface area contributed by atoms with Crippen molar-refractivity contribution in [3.8, 4) is 0 Å². The van der Waals surface area contributed by atoms with Crippen LogP contribution in [0.2, 0.25) is 0 Å². The van der Waals surface area contributed by atoms with Gasteiger partial charge in [0.1, 0.15) is 5.82 Å². The smallest absolute Gasteiger partial charge is 0.225 e. The standard InChI is InChI=1S/C24H33N7O.HI/c1-3-25-24(28-17-19-15-23(32)29-21-7-5-4-6-20(19)21)27-16-18-8-9-26-22(14-18)31-12-10-30(2)11-13-31;/h4-9,14,19H,3,10-13,15-17H2,1-2H3,(H,29,32)(H2,25,27,28);1H. The SMILES string of the molecule is CCNC(=NCc1ccnc(N2CCN(C)CC2)c1)NCC1CC(=O)Nc2ccccc21.I. The predicted octanol–water partition coefficient (Wildman–Crippen LogP) is 2.63. The summed E-state index contributed by atoms with van der Waals surface area (Å²) in [6.45, 7) is 8.16. The molecule has 0 bridgehead atoms. The van der Waals surface area contributed by atoms with Crippen molar-refractivity contribution in [2.45, 2.75) is 25.8 Å². The first-order valence-electron chi connectivity index (χ1n) is 11.4. The molecule has 2 aliphatic rings. The Kier molecular flexibility index (Phi) is 9.30. The minimum absolute atomic E-state index is 0. The molecule has 0 spiro atoms. The van der Waals surface area contributed by atoms with Gasteiger partial charge in [-0.1, -0.05) is 18.2 Å². The molecule has 178 valence electrons. The number of nitrogens with zero attached hydrogens (tertiary/aromatic N) is 4. The topological polar surface area (TPSA) is 84.9 Å². The fourth-order valence-corrected chi connectivity index (χ4v) is 4.18. The molecule has 1 fully saturated rings. The van der Waals surface area contributed by atoms with Gasteiger partial charge in [0, 0.05) is 63.5 Å². The van der Waals surface area contributed by atoms with Crippen LogP contribution in [0.25, 0.3) is 0 Å². The quantitative estimate of drug-likeness (QED) is 0.285. The second-order valence-corrected chi connectivity index (χ2v) is 8.43. The van der Waals surface area contributed by atoms with Crippen molar-refractivity contribution >= 4 is 47.3 Å². The molecule has 3 N–H and O–H groups in total. The number of aromatic nitrogens is 1. The fourth-order valence-electron chi connectivity index (χ4n) is 4.18. The van der Waals surface area contributed by atoms with Gasteiger partial charge in [-0.15, -0.1) is 24.0 Å². The van der Waals surface area contributed by atoms with Crippen LogP contribution < -0.4 is 20.9 Å². The van der Waals surface area contributed by atoms with Crippen LogP contribution >= 0.6 is 24.0 Å². The van der Waals surface area contributed by atoms with E-state index in [9.17, 15) is 4.79 Å².